The van der Waals surface area contributed by atoms with Gasteiger partial charge in [-0.1, -0.05) is 11.8 Å². The van der Waals surface area contributed by atoms with Gasteiger partial charge in [-0.25, -0.2) is 0 Å². The van der Waals surface area contributed by atoms with Crippen molar-refractivity contribution in [3.8, 4) is 11.8 Å². The predicted octanol–water partition coefficient (Wildman–Crippen LogP) is 2.81. The lowest BCUT2D eigenvalue weighted by Crippen LogP contribution is -2.21. The zero-order valence-corrected chi connectivity index (χ0v) is 13.1. The number of nitrogens with two attached hydrogens (primary N) is 1. The topological polar surface area (TPSA) is 55.1 Å². The van der Waals surface area contributed by atoms with Gasteiger partial charge in [0.1, 0.15) is 0 Å². The number of carbonyl (C=O) groups is 1. The van der Waals surface area contributed by atoms with Gasteiger partial charge in [0.2, 0.25) is 0 Å². The zero-order valence-electron chi connectivity index (χ0n) is 9.90. The van der Waals surface area contributed by atoms with E-state index in [1.54, 1.807) is 11.3 Å². The average molecular weight is 355 g/mol. The Hall–Kier alpha value is -1.13. The quantitative estimate of drug-likeness (QED) is 0.832. The Balaban J connectivity index is 1.92. The van der Waals surface area contributed by atoms with Crippen molar-refractivity contribution < 1.29 is 4.79 Å². The first kappa shape index (κ1) is 14.3. The highest BCUT2D eigenvalue weighted by atomic mass is 79.9. The SMILES string of the molecule is NCC#Cc1csc(CNC(=O)c2csc(Br)c2)c1. The summed E-state index contributed by atoms with van der Waals surface area (Å²) in [4.78, 5) is 12.9. The minimum Gasteiger partial charge on any atom is -0.347 e. The minimum absolute atomic E-state index is 0.0649. The van der Waals surface area contributed by atoms with Crippen LogP contribution >= 0.6 is 38.6 Å². The van der Waals surface area contributed by atoms with Crippen molar-refractivity contribution in [2.75, 3.05) is 6.54 Å². The van der Waals surface area contributed by atoms with Crippen molar-refractivity contribution in [2.24, 2.45) is 5.73 Å². The van der Waals surface area contributed by atoms with Crippen molar-refractivity contribution in [2.45, 2.75) is 6.54 Å². The lowest BCUT2D eigenvalue weighted by molar-refractivity contribution is 0.0951. The van der Waals surface area contributed by atoms with Crippen LogP contribution in [-0.4, -0.2) is 12.5 Å². The summed E-state index contributed by atoms with van der Waals surface area (Å²) in [5.41, 5.74) is 6.94. The molecule has 0 aliphatic rings. The van der Waals surface area contributed by atoms with Crippen LogP contribution in [0.25, 0.3) is 0 Å². The number of nitrogens with one attached hydrogen (secondary N) is 1. The second kappa shape index (κ2) is 6.87. The Labute approximate surface area is 128 Å². The van der Waals surface area contributed by atoms with Gasteiger partial charge in [-0.3, -0.25) is 4.79 Å². The van der Waals surface area contributed by atoms with E-state index in [1.165, 1.54) is 11.3 Å². The largest absolute Gasteiger partial charge is 0.347 e. The van der Waals surface area contributed by atoms with Gasteiger partial charge in [-0.15, -0.1) is 22.7 Å². The molecule has 0 radical (unpaired) electrons. The van der Waals surface area contributed by atoms with Gasteiger partial charge in [0.25, 0.3) is 5.91 Å². The normalized spacial score (nSPS) is 9.79. The second-order valence-corrected chi connectivity index (χ2v) is 6.92. The predicted molar refractivity (Wildman–Crippen MR) is 83.4 cm³/mol. The monoisotopic (exact) mass is 354 g/mol. The molecule has 0 atom stereocenters. The van der Waals surface area contributed by atoms with Crippen LogP contribution in [-0.2, 0) is 6.54 Å². The Morgan fingerprint density at radius 1 is 1.37 bits per heavy atom. The molecule has 0 aliphatic carbocycles. The molecule has 19 heavy (non-hydrogen) atoms. The van der Waals surface area contributed by atoms with Crippen molar-refractivity contribution in [3.63, 3.8) is 0 Å². The van der Waals surface area contributed by atoms with E-state index in [9.17, 15) is 4.79 Å². The average Bonchev–Trinajstić information content (AvgIpc) is 3.02. The van der Waals surface area contributed by atoms with Crippen LogP contribution in [0.1, 0.15) is 20.8 Å². The Kier molecular flexibility index (Phi) is 5.16. The van der Waals surface area contributed by atoms with Crippen molar-refractivity contribution >= 4 is 44.5 Å². The summed E-state index contributed by atoms with van der Waals surface area (Å²) < 4.78 is 0.952. The van der Waals surface area contributed by atoms with Gasteiger partial charge >= 0.3 is 0 Å². The highest BCUT2D eigenvalue weighted by Crippen LogP contribution is 2.20. The summed E-state index contributed by atoms with van der Waals surface area (Å²) in [7, 11) is 0. The molecule has 2 aromatic rings. The highest BCUT2D eigenvalue weighted by Gasteiger charge is 2.08. The van der Waals surface area contributed by atoms with Gasteiger partial charge < -0.3 is 11.1 Å². The van der Waals surface area contributed by atoms with E-state index in [1.807, 2.05) is 22.9 Å². The molecule has 0 saturated carbocycles. The number of thiophene rings is 2. The Morgan fingerprint density at radius 2 is 2.21 bits per heavy atom. The molecule has 3 nitrogen and oxygen atoms in total. The van der Waals surface area contributed by atoms with Gasteiger partial charge in [-0.05, 0) is 28.1 Å². The van der Waals surface area contributed by atoms with Crippen LogP contribution in [0.2, 0.25) is 0 Å². The Bertz CT molecular complexity index is 636. The fraction of sp³-hybridized carbons (Fsp3) is 0.154. The van der Waals surface area contributed by atoms with E-state index in [-0.39, 0.29) is 5.91 Å². The van der Waals surface area contributed by atoms with Crippen LogP contribution in [0.3, 0.4) is 0 Å². The van der Waals surface area contributed by atoms with Crippen LogP contribution in [0.5, 0.6) is 0 Å². The number of hydrogen-bond acceptors (Lipinski definition) is 4. The maximum atomic E-state index is 11.8. The molecule has 2 rings (SSSR count). The first-order valence-electron chi connectivity index (χ1n) is 5.47. The van der Waals surface area contributed by atoms with E-state index in [2.05, 4.69) is 33.1 Å². The first-order chi connectivity index (χ1) is 9.19. The third-order valence-corrected chi connectivity index (χ3v) is 4.68. The molecule has 0 spiro atoms. The Morgan fingerprint density at radius 3 is 2.89 bits per heavy atom. The molecule has 3 N–H and O–H groups in total. The molecule has 2 heterocycles. The van der Waals surface area contributed by atoms with Gasteiger partial charge in [0.05, 0.1) is 22.4 Å². The molecule has 0 aromatic carbocycles. The molecule has 0 fully saturated rings. The standard InChI is InChI=1S/C13H11BrN2OS2/c14-12-5-10(8-19-12)13(17)16-6-11-4-9(7-18-11)2-1-3-15/h4-5,7-8H,3,6,15H2,(H,16,17). The van der Waals surface area contributed by atoms with E-state index in [0.29, 0.717) is 18.7 Å². The van der Waals surface area contributed by atoms with Gasteiger partial charge in [-0.2, -0.15) is 0 Å². The lowest BCUT2D eigenvalue weighted by atomic mass is 10.3. The fourth-order valence-electron chi connectivity index (χ4n) is 1.39. The van der Waals surface area contributed by atoms with E-state index < -0.39 is 0 Å². The number of halogens is 1. The molecule has 0 unspecified atom stereocenters. The van der Waals surface area contributed by atoms with Crippen molar-refractivity contribution in [1.82, 2.24) is 5.32 Å². The molecular formula is C13H11BrN2OS2. The summed E-state index contributed by atoms with van der Waals surface area (Å²) >= 11 is 6.41. The maximum absolute atomic E-state index is 11.8. The zero-order chi connectivity index (χ0) is 13.7. The summed E-state index contributed by atoms with van der Waals surface area (Å²) in [6, 6.07) is 3.78. The van der Waals surface area contributed by atoms with E-state index in [4.69, 9.17) is 5.73 Å². The van der Waals surface area contributed by atoms with Crippen LogP contribution in [0, 0.1) is 11.8 Å². The molecule has 0 aliphatic heterocycles. The highest BCUT2D eigenvalue weighted by molar-refractivity contribution is 9.11. The molecule has 2 aromatic heterocycles. The van der Waals surface area contributed by atoms with Crippen LogP contribution in [0.15, 0.2) is 26.7 Å². The summed E-state index contributed by atoms with van der Waals surface area (Å²) in [5.74, 6) is 5.71. The molecule has 98 valence electrons. The molecular weight excluding hydrogens is 344 g/mol. The number of rotatable bonds is 3. The molecule has 0 saturated heterocycles. The molecule has 0 bridgehead atoms. The molecule has 6 heteroatoms. The molecule has 1 amide bonds. The van der Waals surface area contributed by atoms with Crippen molar-refractivity contribution in [3.05, 3.63) is 42.7 Å². The summed E-state index contributed by atoms with van der Waals surface area (Å²) in [5, 5.41) is 6.67. The maximum Gasteiger partial charge on any atom is 0.252 e. The lowest BCUT2D eigenvalue weighted by Gasteiger charge is -2.00. The summed E-state index contributed by atoms with van der Waals surface area (Å²) in [6.45, 7) is 0.871. The fourth-order valence-corrected chi connectivity index (χ4v) is 3.28. The van der Waals surface area contributed by atoms with E-state index in [0.717, 1.165) is 14.2 Å². The second-order valence-electron chi connectivity index (χ2n) is 3.63. The van der Waals surface area contributed by atoms with Gasteiger partial charge in [0.15, 0.2) is 0 Å². The first-order valence-corrected chi connectivity index (χ1v) is 8.03. The van der Waals surface area contributed by atoms with Crippen molar-refractivity contribution in [1.29, 1.82) is 0 Å². The minimum atomic E-state index is -0.0649. The third-order valence-electron chi connectivity index (χ3n) is 2.24. The van der Waals surface area contributed by atoms with E-state index >= 15 is 0 Å². The summed E-state index contributed by atoms with van der Waals surface area (Å²) in [6.07, 6.45) is 0. The third kappa shape index (κ3) is 4.18. The van der Waals surface area contributed by atoms with Gasteiger partial charge in [0, 0.05) is 21.2 Å². The number of carbonyl (C=O) groups excluding carboxylic acids is 1. The van der Waals surface area contributed by atoms with Crippen LogP contribution < -0.4 is 11.1 Å². The number of amides is 1. The van der Waals surface area contributed by atoms with Crippen LogP contribution in [0.4, 0.5) is 0 Å². The smallest absolute Gasteiger partial charge is 0.252 e. The number of hydrogen-bond donors (Lipinski definition) is 2.